The average molecular weight is 416 g/mol. The standard InChI is InChI=1S/C21H19ClFN3O3/c1-3-18(21(28)24-16-6-4-5-15(23)12-16)29-19-9-10-20(27)26(25-19)17-11-14(22)8-7-13(17)2/h4-12,18H,3H2,1-2H3,(H,24,28). The Bertz CT molecular complexity index is 1100. The minimum atomic E-state index is -0.878. The van der Waals surface area contributed by atoms with Crippen molar-refractivity contribution in [1.29, 1.82) is 0 Å². The third-order valence-corrected chi connectivity index (χ3v) is 4.43. The zero-order chi connectivity index (χ0) is 21.0. The highest BCUT2D eigenvalue weighted by Crippen LogP contribution is 2.19. The van der Waals surface area contributed by atoms with Crippen molar-refractivity contribution in [3.8, 4) is 11.6 Å². The maximum atomic E-state index is 13.3. The van der Waals surface area contributed by atoms with Gasteiger partial charge in [-0.2, -0.15) is 4.68 Å². The molecule has 1 aromatic heterocycles. The minimum absolute atomic E-state index is 0.102. The van der Waals surface area contributed by atoms with E-state index < -0.39 is 17.8 Å². The Labute approximate surface area is 171 Å². The zero-order valence-corrected chi connectivity index (χ0v) is 16.6. The summed E-state index contributed by atoms with van der Waals surface area (Å²) >= 11 is 6.04. The van der Waals surface area contributed by atoms with Crippen LogP contribution >= 0.6 is 11.6 Å². The molecule has 0 bridgehead atoms. The van der Waals surface area contributed by atoms with Gasteiger partial charge in [0.1, 0.15) is 5.82 Å². The van der Waals surface area contributed by atoms with Gasteiger partial charge in [0.25, 0.3) is 11.5 Å². The van der Waals surface area contributed by atoms with Crippen LogP contribution in [-0.4, -0.2) is 21.8 Å². The van der Waals surface area contributed by atoms with Crippen molar-refractivity contribution in [3.05, 3.63) is 81.4 Å². The second-order valence-electron chi connectivity index (χ2n) is 6.37. The number of benzene rings is 2. The van der Waals surface area contributed by atoms with Gasteiger partial charge in [-0.3, -0.25) is 9.59 Å². The Morgan fingerprint density at radius 2 is 2.03 bits per heavy atom. The summed E-state index contributed by atoms with van der Waals surface area (Å²) in [5.74, 6) is -0.802. The molecule has 8 heteroatoms. The van der Waals surface area contributed by atoms with E-state index in [9.17, 15) is 14.0 Å². The Balaban J connectivity index is 1.84. The quantitative estimate of drug-likeness (QED) is 0.657. The van der Waals surface area contributed by atoms with Crippen LogP contribution in [0.4, 0.5) is 10.1 Å². The highest BCUT2D eigenvalue weighted by Gasteiger charge is 2.20. The van der Waals surface area contributed by atoms with E-state index in [0.717, 1.165) is 5.56 Å². The molecule has 29 heavy (non-hydrogen) atoms. The van der Waals surface area contributed by atoms with Gasteiger partial charge in [0.05, 0.1) is 5.69 Å². The number of halogens is 2. The molecule has 1 amide bonds. The van der Waals surface area contributed by atoms with Crippen LogP contribution in [0.1, 0.15) is 18.9 Å². The second kappa shape index (κ2) is 8.87. The van der Waals surface area contributed by atoms with Crippen LogP contribution in [-0.2, 0) is 4.79 Å². The minimum Gasteiger partial charge on any atom is -0.463 e. The van der Waals surface area contributed by atoms with Crippen LogP contribution in [0.15, 0.2) is 59.4 Å². The number of carbonyl (C=O) groups excluding carboxylic acids is 1. The average Bonchev–Trinajstić information content (AvgIpc) is 2.69. The fourth-order valence-electron chi connectivity index (χ4n) is 2.70. The van der Waals surface area contributed by atoms with E-state index in [0.29, 0.717) is 22.8 Å². The molecule has 1 heterocycles. The molecular formula is C21H19ClFN3O3. The van der Waals surface area contributed by atoms with Gasteiger partial charge in [-0.1, -0.05) is 30.7 Å². The number of carbonyl (C=O) groups is 1. The molecule has 3 aromatic rings. The van der Waals surface area contributed by atoms with E-state index in [-0.39, 0.29) is 11.4 Å². The molecule has 1 atom stereocenters. The van der Waals surface area contributed by atoms with Gasteiger partial charge in [-0.15, -0.1) is 5.10 Å². The molecule has 0 aliphatic heterocycles. The molecule has 1 N–H and O–H groups in total. The Kier molecular flexibility index (Phi) is 6.29. The van der Waals surface area contributed by atoms with E-state index >= 15 is 0 Å². The Morgan fingerprint density at radius 3 is 2.76 bits per heavy atom. The molecule has 2 aromatic carbocycles. The SMILES string of the molecule is CCC(Oc1ccc(=O)n(-c2cc(Cl)ccc2C)n1)C(=O)Nc1cccc(F)c1. The summed E-state index contributed by atoms with van der Waals surface area (Å²) in [5.41, 5.74) is 1.28. The van der Waals surface area contributed by atoms with Gasteiger partial charge >= 0.3 is 0 Å². The highest BCUT2D eigenvalue weighted by molar-refractivity contribution is 6.30. The smallest absolute Gasteiger partial charge is 0.271 e. The summed E-state index contributed by atoms with van der Waals surface area (Å²) in [6, 6.07) is 13.4. The molecule has 1 unspecified atom stereocenters. The number of ether oxygens (including phenoxy) is 1. The van der Waals surface area contributed by atoms with Crippen LogP contribution in [0.2, 0.25) is 5.02 Å². The van der Waals surface area contributed by atoms with E-state index in [1.807, 2.05) is 6.92 Å². The van der Waals surface area contributed by atoms with Gasteiger partial charge in [0.15, 0.2) is 6.10 Å². The van der Waals surface area contributed by atoms with Gasteiger partial charge in [-0.25, -0.2) is 4.39 Å². The molecule has 0 fully saturated rings. The summed E-state index contributed by atoms with van der Waals surface area (Å²) < 4.78 is 20.2. The summed E-state index contributed by atoms with van der Waals surface area (Å²) in [4.78, 5) is 24.8. The third-order valence-electron chi connectivity index (χ3n) is 4.19. The number of aryl methyl sites for hydroxylation is 1. The van der Waals surface area contributed by atoms with E-state index in [4.69, 9.17) is 16.3 Å². The number of rotatable bonds is 6. The predicted octanol–water partition coefficient (Wildman–Crippen LogP) is 4.13. The van der Waals surface area contributed by atoms with Crippen molar-refractivity contribution in [2.24, 2.45) is 0 Å². The van der Waals surface area contributed by atoms with Crippen molar-refractivity contribution < 1.29 is 13.9 Å². The number of nitrogens with one attached hydrogen (secondary N) is 1. The van der Waals surface area contributed by atoms with E-state index in [1.165, 1.54) is 35.0 Å². The molecule has 3 rings (SSSR count). The number of anilines is 1. The molecule has 0 spiro atoms. The van der Waals surface area contributed by atoms with Gasteiger partial charge in [0.2, 0.25) is 5.88 Å². The molecule has 150 valence electrons. The first kappa shape index (κ1) is 20.5. The maximum Gasteiger partial charge on any atom is 0.271 e. The maximum absolute atomic E-state index is 13.3. The topological polar surface area (TPSA) is 73.2 Å². The molecular weight excluding hydrogens is 397 g/mol. The summed E-state index contributed by atoms with van der Waals surface area (Å²) in [5, 5.41) is 7.29. The van der Waals surface area contributed by atoms with Crippen LogP contribution < -0.4 is 15.6 Å². The molecule has 0 saturated heterocycles. The largest absolute Gasteiger partial charge is 0.463 e. The molecule has 0 saturated carbocycles. The summed E-state index contributed by atoms with van der Waals surface area (Å²) in [7, 11) is 0. The predicted molar refractivity (Wildman–Crippen MR) is 109 cm³/mol. The lowest BCUT2D eigenvalue weighted by molar-refractivity contribution is -0.123. The Morgan fingerprint density at radius 1 is 1.24 bits per heavy atom. The van der Waals surface area contributed by atoms with Crippen LogP contribution in [0.5, 0.6) is 5.88 Å². The van der Waals surface area contributed by atoms with Crippen molar-refractivity contribution in [1.82, 2.24) is 9.78 Å². The lowest BCUT2D eigenvalue weighted by Gasteiger charge is -2.17. The van der Waals surface area contributed by atoms with Crippen LogP contribution in [0.3, 0.4) is 0 Å². The van der Waals surface area contributed by atoms with Crippen LogP contribution in [0.25, 0.3) is 5.69 Å². The lowest BCUT2D eigenvalue weighted by atomic mass is 10.2. The monoisotopic (exact) mass is 415 g/mol. The summed E-state index contributed by atoms with van der Waals surface area (Å²) in [6.07, 6.45) is -0.532. The van der Waals surface area contributed by atoms with Crippen molar-refractivity contribution >= 4 is 23.2 Å². The molecule has 6 nitrogen and oxygen atoms in total. The number of amides is 1. The van der Waals surface area contributed by atoms with Gasteiger partial charge in [-0.05, 0) is 49.2 Å². The normalized spacial score (nSPS) is 11.7. The van der Waals surface area contributed by atoms with Gasteiger partial charge in [0, 0.05) is 22.8 Å². The first-order chi connectivity index (χ1) is 13.9. The third kappa shape index (κ3) is 5.00. The fraction of sp³-hybridized carbons (Fsp3) is 0.190. The van der Waals surface area contributed by atoms with E-state index in [2.05, 4.69) is 10.4 Å². The first-order valence-corrected chi connectivity index (χ1v) is 9.35. The van der Waals surface area contributed by atoms with Crippen molar-refractivity contribution in [3.63, 3.8) is 0 Å². The van der Waals surface area contributed by atoms with Crippen LogP contribution in [0, 0.1) is 12.7 Å². The number of hydrogen-bond donors (Lipinski definition) is 1. The lowest BCUT2D eigenvalue weighted by Crippen LogP contribution is -2.33. The Hall–Kier alpha value is -3.19. The second-order valence-corrected chi connectivity index (χ2v) is 6.80. The molecule has 0 radical (unpaired) electrons. The zero-order valence-electron chi connectivity index (χ0n) is 15.9. The van der Waals surface area contributed by atoms with Crippen molar-refractivity contribution in [2.45, 2.75) is 26.4 Å². The highest BCUT2D eigenvalue weighted by atomic mass is 35.5. The number of aromatic nitrogens is 2. The van der Waals surface area contributed by atoms with Crippen molar-refractivity contribution in [2.75, 3.05) is 5.32 Å². The fourth-order valence-corrected chi connectivity index (χ4v) is 2.86. The number of nitrogens with zero attached hydrogens (tertiary/aromatic N) is 2. The van der Waals surface area contributed by atoms with Gasteiger partial charge < -0.3 is 10.1 Å². The summed E-state index contributed by atoms with van der Waals surface area (Å²) in [6.45, 7) is 3.60. The van der Waals surface area contributed by atoms with E-state index in [1.54, 1.807) is 31.2 Å². The first-order valence-electron chi connectivity index (χ1n) is 8.97. The molecule has 0 aliphatic rings. The molecule has 0 aliphatic carbocycles. The number of hydrogen-bond acceptors (Lipinski definition) is 4.